The summed E-state index contributed by atoms with van der Waals surface area (Å²) >= 11 is 6.68. The number of carbonyl (C=O) groups excluding carboxylic acids is 2. The van der Waals surface area contributed by atoms with E-state index in [-0.39, 0.29) is 5.24 Å². The van der Waals surface area contributed by atoms with Gasteiger partial charge in [-0.25, -0.2) is 9.69 Å². The van der Waals surface area contributed by atoms with Crippen molar-refractivity contribution in [2.75, 3.05) is 11.5 Å². The van der Waals surface area contributed by atoms with Gasteiger partial charge in [-0.3, -0.25) is 9.59 Å². The number of halogens is 1. The van der Waals surface area contributed by atoms with Crippen molar-refractivity contribution in [1.82, 2.24) is 0 Å². The number of aliphatic carboxylic acids is 1. The summed E-state index contributed by atoms with van der Waals surface area (Å²) in [5, 5.41) is 8.72. The summed E-state index contributed by atoms with van der Waals surface area (Å²) in [6, 6.07) is 13.0. The van der Waals surface area contributed by atoms with E-state index < -0.39 is 18.5 Å². The number of carboxylic acids is 1. The average Bonchev–Trinajstić information content (AvgIpc) is 2.89. The zero-order chi connectivity index (χ0) is 18.7. The summed E-state index contributed by atoms with van der Waals surface area (Å²) in [6.45, 7) is -0.431. The summed E-state index contributed by atoms with van der Waals surface area (Å²) in [5.41, 5.74) is 1.15. The molecule has 2 amide bonds. The number of carboxylic acid groups (broad SMARTS) is 1. The van der Waals surface area contributed by atoms with Gasteiger partial charge in [-0.1, -0.05) is 23.7 Å². The molecule has 1 fully saturated rings. The molecule has 0 saturated carbocycles. The van der Waals surface area contributed by atoms with Gasteiger partial charge in [0.05, 0.1) is 10.6 Å². The molecule has 1 aliphatic rings. The number of amides is 2. The lowest BCUT2D eigenvalue weighted by Crippen LogP contribution is -2.27. The molecule has 8 heteroatoms. The number of nitrogens with zero attached hydrogens (tertiary/aromatic N) is 1. The summed E-state index contributed by atoms with van der Waals surface area (Å²) < 4.78 is 5.05. The van der Waals surface area contributed by atoms with Crippen LogP contribution in [0.3, 0.4) is 0 Å². The Balaban J connectivity index is 1.77. The first-order valence-corrected chi connectivity index (χ1v) is 8.61. The first-order valence-electron chi connectivity index (χ1n) is 7.42. The predicted octanol–water partition coefficient (Wildman–Crippen LogP) is 4.04. The van der Waals surface area contributed by atoms with Crippen molar-refractivity contribution in [1.29, 1.82) is 0 Å². The lowest BCUT2D eigenvalue weighted by molar-refractivity contribution is -0.139. The van der Waals surface area contributed by atoms with Gasteiger partial charge < -0.3 is 9.84 Å². The normalized spacial score (nSPS) is 15.6. The second-order valence-corrected chi connectivity index (χ2v) is 6.67. The van der Waals surface area contributed by atoms with Gasteiger partial charge >= 0.3 is 5.97 Å². The minimum absolute atomic E-state index is 0.296. The molecule has 1 heterocycles. The molecule has 0 spiro atoms. The van der Waals surface area contributed by atoms with Crippen LogP contribution in [0.25, 0.3) is 6.08 Å². The second-order valence-electron chi connectivity index (χ2n) is 5.24. The van der Waals surface area contributed by atoms with E-state index in [4.69, 9.17) is 21.4 Å². The number of rotatable bonds is 5. The van der Waals surface area contributed by atoms with E-state index in [1.54, 1.807) is 54.6 Å². The average molecular weight is 390 g/mol. The fourth-order valence-corrected chi connectivity index (χ4v) is 3.20. The van der Waals surface area contributed by atoms with Gasteiger partial charge in [-0.2, -0.15) is 0 Å². The van der Waals surface area contributed by atoms with E-state index in [2.05, 4.69) is 0 Å². The Morgan fingerprint density at radius 2 is 1.77 bits per heavy atom. The van der Waals surface area contributed by atoms with Crippen molar-refractivity contribution in [2.45, 2.75) is 0 Å². The van der Waals surface area contributed by atoms with Crippen LogP contribution >= 0.6 is 23.4 Å². The minimum atomic E-state index is -1.06. The van der Waals surface area contributed by atoms with E-state index in [1.165, 1.54) is 0 Å². The summed E-state index contributed by atoms with van der Waals surface area (Å²) in [4.78, 5) is 36.6. The molecule has 3 rings (SSSR count). The Morgan fingerprint density at radius 1 is 1.12 bits per heavy atom. The van der Waals surface area contributed by atoms with Gasteiger partial charge in [0.15, 0.2) is 6.61 Å². The van der Waals surface area contributed by atoms with E-state index >= 15 is 0 Å². The zero-order valence-corrected chi connectivity index (χ0v) is 14.8. The molecule has 2 aromatic carbocycles. The van der Waals surface area contributed by atoms with Crippen LogP contribution in [0, 0.1) is 0 Å². The van der Waals surface area contributed by atoms with E-state index in [0.717, 1.165) is 16.7 Å². The fourth-order valence-electron chi connectivity index (χ4n) is 2.24. The Morgan fingerprint density at radius 3 is 2.38 bits per heavy atom. The monoisotopic (exact) mass is 389 g/mol. The van der Waals surface area contributed by atoms with E-state index in [1.807, 2.05) is 0 Å². The largest absolute Gasteiger partial charge is 0.482 e. The molecule has 0 unspecified atom stereocenters. The van der Waals surface area contributed by atoms with Crippen LogP contribution in [0.4, 0.5) is 10.5 Å². The molecule has 0 aliphatic carbocycles. The highest BCUT2D eigenvalue weighted by molar-refractivity contribution is 8.19. The number of hydrogen-bond donors (Lipinski definition) is 1. The quantitative estimate of drug-likeness (QED) is 0.777. The third-order valence-corrected chi connectivity index (χ3v) is 4.54. The molecule has 0 radical (unpaired) electrons. The Kier molecular flexibility index (Phi) is 5.29. The van der Waals surface area contributed by atoms with Gasteiger partial charge in [0.25, 0.3) is 11.1 Å². The van der Waals surface area contributed by atoms with Gasteiger partial charge in [-0.05, 0) is 59.8 Å². The molecular formula is C18H12ClNO5S. The van der Waals surface area contributed by atoms with Gasteiger partial charge in [0.1, 0.15) is 5.75 Å². The molecule has 0 atom stereocenters. The van der Waals surface area contributed by atoms with Crippen molar-refractivity contribution in [2.24, 2.45) is 0 Å². The zero-order valence-electron chi connectivity index (χ0n) is 13.2. The lowest BCUT2D eigenvalue weighted by Gasteiger charge is -2.12. The highest BCUT2D eigenvalue weighted by Crippen LogP contribution is 2.36. The van der Waals surface area contributed by atoms with Gasteiger partial charge in [0.2, 0.25) is 0 Å². The standard InChI is InChI=1S/C18H12ClNO5S/c19-12-3-5-13(6-4-12)20-17(23)15(26-18(20)24)9-11-1-7-14(8-2-11)25-10-16(21)22/h1-9H,10H2,(H,21,22)/b15-9-. The molecule has 0 bridgehead atoms. The summed E-state index contributed by atoms with van der Waals surface area (Å²) in [6.07, 6.45) is 1.60. The van der Waals surface area contributed by atoms with Crippen molar-refractivity contribution >= 4 is 52.2 Å². The second kappa shape index (κ2) is 7.63. The third-order valence-electron chi connectivity index (χ3n) is 3.42. The van der Waals surface area contributed by atoms with Crippen LogP contribution in [0.15, 0.2) is 53.4 Å². The van der Waals surface area contributed by atoms with E-state index in [0.29, 0.717) is 26.9 Å². The highest BCUT2D eigenvalue weighted by atomic mass is 35.5. The van der Waals surface area contributed by atoms with Crippen molar-refractivity contribution in [3.63, 3.8) is 0 Å². The van der Waals surface area contributed by atoms with Gasteiger partial charge in [0, 0.05) is 5.02 Å². The Hall–Kier alpha value is -2.77. The topological polar surface area (TPSA) is 83.9 Å². The minimum Gasteiger partial charge on any atom is -0.482 e. The first-order chi connectivity index (χ1) is 12.4. The number of imide groups is 1. The van der Waals surface area contributed by atoms with E-state index in [9.17, 15) is 14.4 Å². The molecular weight excluding hydrogens is 378 g/mol. The third kappa shape index (κ3) is 4.07. The van der Waals surface area contributed by atoms with Crippen molar-refractivity contribution in [3.05, 3.63) is 64.0 Å². The number of hydrogen-bond acceptors (Lipinski definition) is 5. The SMILES string of the molecule is O=C(O)COc1ccc(/C=C2\SC(=O)N(c3ccc(Cl)cc3)C2=O)cc1. The van der Waals surface area contributed by atoms with Crippen LogP contribution in [0.5, 0.6) is 5.75 Å². The molecule has 1 N–H and O–H groups in total. The number of thioether (sulfide) groups is 1. The lowest BCUT2D eigenvalue weighted by atomic mass is 10.2. The van der Waals surface area contributed by atoms with Crippen LogP contribution in [0.2, 0.25) is 5.02 Å². The number of anilines is 1. The summed E-state index contributed by atoms with van der Waals surface area (Å²) in [7, 11) is 0. The molecule has 2 aromatic rings. The number of ether oxygens (including phenoxy) is 1. The highest BCUT2D eigenvalue weighted by Gasteiger charge is 2.36. The fraction of sp³-hybridized carbons (Fsp3) is 0.0556. The van der Waals surface area contributed by atoms with Gasteiger partial charge in [-0.15, -0.1) is 0 Å². The molecule has 26 heavy (non-hydrogen) atoms. The number of benzene rings is 2. The molecule has 1 aliphatic heterocycles. The Bertz CT molecular complexity index is 893. The van der Waals surface area contributed by atoms with Crippen LogP contribution in [0.1, 0.15) is 5.56 Å². The predicted molar refractivity (Wildman–Crippen MR) is 99.5 cm³/mol. The Labute approximate surface area is 158 Å². The summed E-state index contributed by atoms with van der Waals surface area (Å²) in [5.74, 6) is -1.07. The maximum Gasteiger partial charge on any atom is 0.341 e. The van der Waals surface area contributed by atoms with Crippen LogP contribution in [-0.2, 0) is 9.59 Å². The first kappa shape index (κ1) is 18.0. The van der Waals surface area contributed by atoms with Crippen LogP contribution < -0.4 is 9.64 Å². The van der Waals surface area contributed by atoms with Crippen molar-refractivity contribution < 1.29 is 24.2 Å². The molecule has 132 valence electrons. The molecule has 1 saturated heterocycles. The van der Waals surface area contributed by atoms with Crippen molar-refractivity contribution in [3.8, 4) is 5.75 Å². The smallest absolute Gasteiger partial charge is 0.341 e. The molecule has 6 nitrogen and oxygen atoms in total. The maximum absolute atomic E-state index is 12.5. The van der Waals surface area contributed by atoms with Crippen LogP contribution in [-0.4, -0.2) is 28.8 Å². The number of carbonyl (C=O) groups is 3. The molecule has 0 aromatic heterocycles. The maximum atomic E-state index is 12.5.